The zero-order valence-corrected chi connectivity index (χ0v) is 15.3. The average molecular weight is 392 g/mol. The van der Waals surface area contributed by atoms with Crippen LogP contribution in [-0.4, -0.2) is 15.2 Å². The van der Waals surface area contributed by atoms with Crippen molar-refractivity contribution < 1.29 is 18.0 Å². The van der Waals surface area contributed by atoms with Crippen LogP contribution in [0.3, 0.4) is 0 Å². The molecule has 0 radical (unpaired) electrons. The minimum absolute atomic E-state index is 0.152. The Morgan fingerprint density at radius 1 is 0.964 bits per heavy atom. The fourth-order valence-electron chi connectivity index (χ4n) is 3.13. The second-order valence-corrected chi connectivity index (χ2v) is 6.10. The van der Waals surface area contributed by atoms with E-state index in [1.807, 2.05) is 13.8 Å². The Labute approximate surface area is 158 Å². The molecule has 0 aliphatic carbocycles. The van der Waals surface area contributed by atoms with E-state index in [2.05, 4.69) is 10.6 Å². The SMILES string of the molecule is CCn1c(=O)n(CC)c2cc(NC(=O)Nc3ccccc3C(F)(F)F)ccc21. The molecular formula is C19H19F3N4O2. The third kappa shape index (κ3) is 3.60. The fourth-order valence-corrected chi connectivity index (χ4v) is 3.13. The number of benzene rings is 2. The quantitative estimate of drug-likeness (QED) is 0.686. The number of hydrogen-bond donors (Lipinski definition) is 2. The molecule has 2 amide bonds. The topological polar surface area (TPSA) is 68.1 Å². The molecule has 1 heterocycles. The maximum atomic E-state index is 13.1. The van der Waals surface area contributed by atoms with E-state index in [0.29, 0.717) is 24.3 Å². The van der Waals surface area contributed by atoms with Crippen LogP contribution in [0.4, 0.5) is 29.3 Å². The highest BCUT2D eigenvalue weighted by molar-refractivity contribution is 6.01. The zero-order valence-electron chi connectivity index (χ0n) is 15.3. The van der Waals surface area contributed by atoms with E-state index in [4.69, 9.17) is 0 Å². The Kier molecular flexibility index (Phi) is 5.17. The Balaban J connectivity index is 1.88. The minimum atomic E-state index is -4.58. The van der Waals surface area contributed by atoms with Crippen LogP contribution in [0.1, 0.15) is 19.4 Å². The van der Waals surface area contributed by atoms with Gasteiger partial charge in [-0.2, -0.15) is 13.2 Å². The van der Waals surface area contributed by atoms with Crippen LogP contribution in [-0.2, 0) is 19.3 Å². The molecule has 0 bridgehead atoms. The summed E-state index contributed by atoms with van der Waals surface area (Å²) < 4.78 is 42.3. The largest absolute Gasteiger partial charge is 0.418 e. The van der Waals surface area contributed by atoms with E-state index in [0.717, 1.165) is 11.6 Å². The number of carbonyl (C=O) groups excluding carboxylic acids is 1. The molecule has 0 spiro atoms. The maximum absolute atomic E-state index is 13.1. The van der Waals surface area contributed by atoms with Crippen LogP contribution in [0.2, 0.25) is 0 Å². The lowest BCUT2D eigenvalue weighted by molar-refractivity contribution is -0.136. The summed E-state index contributed by atoms with van der Waals surface area (Å²) in [5.41, 5.74) is 0.313. The Morgan fingerprint density at radius 3 is 2.25 bits per heavy atom. The molecule has 3 aromatic rings. The first-order valence-corrected chi connectivity index (χ1v) is 8.73. The second kappa shape index (κ2) is 7.41. The van der Waals surface area contributed by atoms with E-state index >= 15 is 0 Å². The summed E-state index contributed by atoms with van der Waals surface area (Å²) in [4.78, 5) is 24.6. The predicted octanol–water partition coefficient (Wildman–Crippen LogP) is 4.51. The predicted molar refractivity (Wildman–Crippen MR) is 102 cm³/mol. The number of carbonyl (C=O) groups is 1. The van der Waals surface area contributed by atoms with Crippen LogP contribution in [0.25, 0.3) is 11.0 Å². The molecular weight excluding hydrogens is 373 g/mol. The van der Waals surface area contributed by atoms with Gasteiger partial charge in [0.05, 0.1) is 22.3 Å². The molecule has 9 heteroatoms. The van der Waals surface area contributed by atoms with Crippen molar-refractivity contribution in [2.75, 3.05) is 10.6 Å². The number of fused-ring (bicyclic) bond motifs is 1. The molecule has 3 rings (SSSR count). The summed E-state index contributed by atoms with van der Waals surface area (Å²) >= 11 is 0. The highest BCUT2D eigenvalue weighted by Crippen LogP contribution is 2.34. The first-order valence-electron chi connectivity index (χ1n) is 8.73. The van der Waals surface area contributed by atoms with Gasteiger partial charge >= 0.3 is 17.9 Å². The third-order valence-corrected chi connectivity index (χ3v) is 4.39. The smallest absolute Gasteiger partial charge is 0.308 e. The average Bonchev–Trinajstić information content (AvgIpc) is 2.91. The number of hydrogen-bond acceptors (Lipinski definition) is 2. The van der Waals surface area contributed by atoms with E-state index in [9.17, 15) is 22.8 Å². The van der Waals surface area contributed by atoms with Crippen molar-refractivity contribution in [3.63, 3.8) is 0 Å². The van der Waals surface area contributed by atoms with Crippen molar-refractivity contribution in [3.05, 3.63) is 58.5 Å². The van der Waals surface area contributed by atoms with Gasteiger partial charge in [-0.3, -0.25) is 9.13 Å². The monoisotopic (exact) mass is 392 g/mol. The van der Waals surface area contributed by atoms with Gasteiger partial charge in [0.1, 0.15) is 0 Å². The number of amides is 2. The summed E-state index contributed by atoms with van der Waals surface area (Å²) in [6, 6.07) is 8.86. The number of nitrogens with one attached hydrogen (secondary N) is 2. The van der Waals surface area contributed by atoms with Gasteiger partial charge in [-0.15, -0.1) is 0 Å². The maximum Gasteiger partial charge on any atom is 0.418 e. The van der Waals surface area contributed by atoms with Gasteiger partial charge in [-0.1, -0.05) is 12.1 Å². The van der Waals surface area contributed by atoms with Crippen molar-refractivity contribution in [2.24, 2.45) is 0 Å². The molecule has 2 N–H and O–H groups in total. The fraction of sp³-hybridized carbons (Fsp3) is 0.263. The molecule has 6 nitrogen and oxygen atoms in total. The number of halogens is 3. The van der Waals surface area contributed by atoms with Crippen LogP contribution in [0, 0.1) is 0 Å². The minimum Gasteiger partial charge on any atom is -0.308 e. The number of anilines is 2. The lowest BCUT2D eigenvalue weighted by Crippen LogP contribution is -2.23. The molecule has 1 aromatic heterocycles. The lowest BCUT2D eigenvalue weighted by Gasteiger charge is -2.14. The van der Waals surface area contributed by atoms with E-state index < -0.39 is 17.8 Å². The highest BCUT2D eigenvalue weighted by atomic mass is 19.4. The van der Waals surface area contributed by atoms with E-state index in [1.54, 1.807) is 27.3 Å². The molecule has 0 aliphatic rings. The van der Waals surface area contributed by atoms with Crippen LogP contribution < -0.4 is 16.3 Å². The third-order valence-electron chi connectivity index (χ3n) is 4.39. The molecule has 0 saturated carbocycles. The van der Waals surface area contributed by atoms with E-state index in [-0.39, 0.29) is 11.4 Å². The molecule has 0 aliphatic heterocycles. The summed E-state index contributed by atoms with van der Waals surface area (Å²) in [5, 5.41) is 4.74. The number of aryl methyl sites for hydroxylation is 2. The molecule has 2 aromatic carbocycles. The number of alkyl halides is 3. The Hall–Kier alpha value is -3.23. The van der Waals surface area contributed by atoms with Crippen LogP contribution >= 0.6 is 0 Å². The number of imidazole rings is 1. The standard InChI is InChI=1S/C19H19F3N4O2/c1-3-25-15-10-9-12(11-16(15)26(4-2)18(25)28)23-17(27)24-14-8-6-5-7-13(14)19(20,21)22/h5-11H,3-4H2,1-2H3,(H2,23,24,27). The number of rotatable bonds is 4. The molecule has 0 saturated heterocycles. The number of urea groups is 1. The summed E-state index contributed by atoms with van der Waals surface area (Å²) in [7, 11) is 0. The molecule has 28 heavy (non-hydrogen) atoms. The molecule has 0 atom stereocenters. The van der Waals surface area contributed by atoms with Gasteiger partial charge in [0.2, 0.25) is 0 Å². The van der Waals surface area contributed by atoms with Gasteiger partial charge in [0.15, 0.2) is 0 Å². The number of nitrogens with zero attached hydrogens (tertiary/aromatic N) is 2. The lowest BCUT2D eigenvalue weighted by atomic mass is 10.1. The Morgan fingerprint density at radius 2 is 1.61 bits per heavy atom. The zero-order chi connectivity index (χ0) is 20.5. The Bertz CT molecular complexity index is 1080. The van der Waals surface area contributed by atoms with Crippen molar-refractivity contribution >= 4 is 28.4 Å². The molecule has 0 unspecified atom stereocenters. The van der Waals surface area contributed by atoms with Gasteiger partial charge in [-0.05, 0) is 44.2 Å². The molecule has 148 valence electrons. The van der Waals surface area contributed by atoms with Crippen molar-refractivity contribution in [2.45, 2.75) is 33.1 Å². The first kappa shape index (κ1) is 19.5. The summed E-state index contributed by atoms with van der Waals surface area (Å²) in [5.74, 6) is 0. The summed E-state index contributed by atoms with van der Waals surface area (Å²) in [6.45, 7) is 4.65. The first-order chi connectivity index (χ1) is 13.3. The van der Waals surface area contributed by atoms with Gasteiger partial charge in [-0.25, -0.2) is 9.59 Å². The summed E-state index contributed by atoms with van der Waals surface area (Å²) in [6.07, 6.45) is -4.58. The normalized spacial score (nSPS) is 11.6. The number of para-hydroxylation sites is 1. The van der Waals surface area contributed by atoms with Gasteiger partial charge in [0, 0.05) is 18.8 Å². The van der Waals surface area contributed by atoms with Crippen molar-refractivity contribution in [3.8, 4) is 0 Å². The second-order valence-electron chi connectivity index (χ2n) is 6.10. The van der Waals surface area contributed by atoms with Gasteiger partial charge < -0.3 is 10.6 Å². The molecule has 0 fully saturated rings. The van der Waals surface area contributed by atoms with Crippen molar-refractivity contribution in [1.82, 2.24) is 9.13 Å². The van der Waals surface area contributed by atoms with Gasteiger partial charge in [0.25, 0.3) is 0 Å². The highest BCUT2D eigenvalue weighted by Gasteiger charge is 2.33. The van der Waals surface area contributed by atoms with Crippen LogP contribution in [0.5, 0.6) is 0 Å². The number of aromatic nitrogens is 2. The van der Waals surface area contributed by atoms with E-state index in [1.165, 1.54) is 18.2 Å². The van der Waals surface area contributed by atoms with Crippen LogP contribution in [0.15, 0.2) is 47.3 Å². The van der Waals surface area contributed by atoms with Crippen molar-refractivity contribution in [1.29, 1.82) is 0 Å².